The summed E-state index contributed by atoms with van der Waals surface area (Å²) in [5, 5.41) is 0. The average molecular weight is 242 g/mol. The van der Waals surface area contributed by atoms with Gasteiger partial charge in [0.2, 0.25) is 0 Å². The molecule has 0 aliphatic rings. The molecule has 0 saturated heterocycles. The van der Waals surface area contributed by atoms with Crippen molar-refractivity contribution in [1.29, 1.82) is 0 Å². The van der Waals surface area contributed by atoms with Crippen LogP contribution in [-0.2, 0) is 17.1 Å². The Labute approximate surface area is 99.1 Å². The summed E-state index contributed by atoms with van der Waals surface area (Å²) in [6.45, 7) is 0. The smallest absolute Gasteiger partial charge is 0.108 e. The number of rotatable bonds is 2. The molecule has 2 rings (SSSR count). The first-order valence-corrected chi connectivity index (χ1v) is 4.21. The summed E-state index contributed by atoms with van der Waals surface area (Å²) in [4.78, 5) is 20.2. The maximum atomic E-state index is 10.1. The molecule has 0 heterocycles. The van der Waals surface area contributed by atoms with Gasteiger partial charge in [0.15, 0.2) is 0 Å². The Morgan fingerprint density at radius 2 is 1.60 bits per heavy atom. The van der Waals surface area contributed by atoms with E-state index in [1.165, 1.54) is 0 Å². The van der Waals surface area contributed by atoms with Crippen molar-refractivity contribution in [2.45, 2.75) is 0 Å². The third-order valence-electron chi connectivity index (χ3n) is 1.69. The van der Waals surface area contributed by atoms with E-state index < -0.39 is 0 Å². The zero-order valence-electron chi connectivity index (χ0n) is 7.94. The quantitative estimate of drug-likeness (QED) is 0.460. The number of hydrogen-bond acceptors (Lipinski definition) is 2. The first-order valence-electron chi connectivity index (χ1n) is 4.21. The van der Waals surface area contributed by atoms with Crippen molar-refractivity contribution in [1.82, 2.24) is 0 Å². The molecule has 2 aromatic rings. The monoisotopic (exact) mass is 242 g/mol. The molecule has 0 aliphatic heterocycles. The number of hydrogen-bond donors (Lipinski definition) is 0. The van der Waals surface area contributed by atoms with Crippen LogP contribution in [0.15, 0.2) is 48.5 Å². The molecule has 0 bridgehead atoms. The van der Waals surface area contributed by atoms with Gasteiger partial charge >= 0.3 is 0 Å². The molecule has 15 heavy (non-hydrogen) atoms. The van der Waals surface area contributed by atoms with Gasteiger partial charge in [0.1, 0.15) is 6.29 Å². The number of carbonyl (C=O) groups is 2. The molecule has 0 aliphatic carbocycles. The Morgan fingerprint density at radius 3 is 1.93 bits per heavy atom. The van der Waals surface area contributed by atoms with Crippen LogP contribution in [0.25, 0.3) is 0 Å². The summed E-state index contributed by atoms with van der Waals surface area (Å²) in [6, 6.07) is 14.9. The molecule has 3 heteroatoms. The topological polar surface area (TPSA) is 34.1 Å². The molecule has 84 valence electrons. The van der Waals surface area contributed by atoms with Crippen LogP contribution in [0.3, 0.4) is 0 Å². The average Bonchev–Trinajstić information content (AvgIpc) is 2.91. The van der Waals surface area contributed by atoms with Crippen LogP contribution in [0.5, 0.6) is 0 Å². The van der Waals surface area contributed by atoms with Crippen molar-refractivity contribution in [3.8, 4) is 0 Å². The van der Waals surface area contributed by atoms with Crippen LogP contribution in [0.2, 0.25) is 0 Å². The van der Waals surface area contributed by atoms with E-state index >= 15 is 0 Å². The maximum Gasteiger partial charge on any atom is 0.108 e. The van der Waals surface area contributed by atoms with E-state index in [1.807, 2.05) is 30.3 Å². The first-order chi connectivity index (χ1) is 6.88. The second-order valence-electron chi connectivity index (χ2n) is 2.63. The van der Waals surface area contributed by atoms with Gasteiger partial charge in [-0.15, -0.1) is 11.6 Å². The molecular weight excluding hydrogens is 232 g/mol. The molecule has 0 spiro atoms. The number of aldehydes is 2. The molecular formula is C12H10FeO2-6. The molecule has 0 amide bonds. The Morgan fingerprint density at radius 1 is 1.07 bits per heavy atom. The minimum Gasteiger partial charge on any atom is -0.748 e. The van der Waals surface area contributed by atoms with E-state index in [0.29, 0.717) is 23.7 Å². The predicted octanol–water partition coefficient (Wildman–Crippen LogP) is 2.43. The number of carbonyl (C=O) groups excluding carboxylic acids is 2. The third-order valence-corrected chi connectivity index (χ3v) is 1.69. The summed E-state index contributed by atoms with van der Waals surface area (Å²) in [6.07, 6.45) is 1.34. The van der Waals surface area contributed by atoms with E-state index in [9.17, 15) is 9.59 Å². The SMILES string of the molecule is O=Cc1ccc[c-]1C=O.[Fe].[cH-]1[cH-][cH-][cH-][cH-]1. The van der Waals surface area contributed by atoms with Crippen LogP contribution < -0.4 is 0 Å². The molecule has 0 aromatic heterocycles. The van der Waals surface area contributed by atoms with Gasteiger partial charge in [-0.25, -0.2) is 0 Å². The molecule has 2 aromatic carbocycles. The van der Waals surface area contributed by atoms with Gasteiger partial charge in [-0.2, -0.15) is 12.1 Å². The Hall–Kier alpha value is -1.44. The zero-order chi connectivity index (χ0) is 10.2. The van der Waals surface area contributed by atoms with Gasteiger partial charge in [0.05, 0.1) is 6.29 Å². The van der Waals surface area contributed by atoms with E-state index in [2.05, 4.69) is 0 Å². The fourth-order valence-corrected chi connectivity index (χ4v) is 0.983. The molecule has 0 radical (unpaired) electrons. The first kappa shape index (κ1) is 13.6. The van der Waals surface area contributed by atoms with Crippen LogP contribution in [-0.4, -0.2) is 12.6 Å². The van der Waals surface area contributed by atoms with Crippen molar-refractivity contribution in [3.63, 3.8) is 0 Å². The van der Waals surface area contributed by atoms with Gasteiger partial charge < -0.3 is 39.9 Å². The Bertz CT molecular complexity index is 334. The molecule has 0 atom stereocenters. The van der Waals surface area contributed by atoms with E-state index in [1.54, 1.807) is 18.2 Å². The minimum absolute atomic E-state index is 0. The van der Waals surface area contributed by atoms with Crippen LogP contribution in [0, 0.1) is 0 Å². The van der Waals surface area contributed by atoms with Gasteiger partial charge in [-0.3, -0.25) is 0 Å². The van der Waals surface area contributed by atoms with Gasteiger partial charge in [-0.1, -0.05) is 5.56 Å². The molecule has 0 saturated carbocycles. The summed E-state index contributed by atoms with van der Waals surface area (Å²) in [5.41, 5.74) is 0.926. The normalized spacial score (nSPS) is 8.00. The molecule has 0 fully saturated rings. The summed E-state index contributed by atoms with van der Waals surface area (Å²) in [5.74, 6) is 0. The standard InChI is InChI=1S/C7H5O2.C5H5.Fe/c8-4-6-2-1-3-7(6)5-9;1-2-4-5-3-1;/h1-5H;1-5H;/q-1;-5;. The van der Waals surface area contributed by atoms with E-state index in [0.717, 1.165) is 0 Å². The van der Waals surface area contributed by atoms with Gasteiger partial charge in [0.25, 0.3) is 0 Å². The van der Waals surface area contributed by atoms with Crippen molar-refractivity contribution in [2.75, 3.05) is 0 Å². The van der Waals surface area contributed by atoms with Crippen molar-refractivity contribution in [2.24, 2.45) is 0 Å². The maximum absolute atomic E-state index is 10.1. The van der Waals surface area contributed by atoms with Crippen molar-refractivity contribution in [3.05, 3.63) is 59.7 Å². The Balaban J connectivity index is 0.000000280. The molecule has 2 nitrogen and oxygen atoms in total. The molecule has 0 unspecified atom stereocenters. The van der Waals surface area contributed by atoms with Crippen molar-refractivity contribution < 1.29 is 26.7 Å². The van der Waals surface area contributed by atoms with Gasteiger partial charge in [-0.05, 0) is 0 Å². The fraction of sp³-hybridized carbons (Fsp3) is 0. The summed E-state index contributed by atoms with van der Waals surface area (Å²) < 4.78 is 0. The van der Waals surface area contributed by atoms with Crippen LogP contribution in [0.1, 0.15) is 20.7 Å². The largest absolute Gasteiger partial charge is 0.748 e. The van der Waals surface area contributed by atoms with Crippen LogP contribution >= 0.6 is 0 Å². The fourth-order valence-electron chi connectivity index (χ4n) is 0.983. The second kappa shape index (κ2) is 7.92. The van der Waals surface area contributed by atoms with E-state index in [4.69, 9.17) is 0 Å². The molecule has 0 N–H and O–H groups in total. The van der Waals surface area contributed by atoms with Crippen molar-refractivity contribution >= 4 is 12.6 Å². The van der Waals surface area contributed by atoms with E-state index in [-0.39, 0.29) is 17.1 Å². The van der Waals surface area contributed by atoms with Gasteiger partial charge in [0, 0.05) is 17.1 Å². The van der Waals surface area contributed by atoms with Crippen LogP contribution in [0.4, 0.5) is 0 Å². The summed E-state index contributed by atoms with van der Waals surface area (Å²) in [7, 11) is 0. The minimum atomic E-state index is 0. The predicted molar refractivity (Wildman–Crippen MR) is 54.8 cm³/mol. The Kier molecular flexibility index (Phi) is 7.16. The summed E-state index contributed by atoms with van der Waals surface area (Å²) >= 11 is 0. The zero-order valence-corrected chi connectivity index (χ0v) is 9.05. The second-order valence-corrected chi connectivity index (χ2v) is 2.63. The third kappa shape index (κ3) is 4.54.